The smallest absolute Gasteiger partial charge is 0.254 e. The molecule has 1 aromatic rings. The van der Waals surface area contributed by atoms with E-state index >= 15 is 0 Å². The minimum atomic E-state index is -0.400. The van der Waals surface area contributed by atoms with E-state index in [1.165, 1.54) is 19.3 Å². The summed E-state index contributed by atoms with van der Waals surface area (Å²) >= 11 is 0. The predicted molar refractivity (Wildman–Crippen MR) is 102 cm³/mol. The molecule has 0 aliphatic carbocycles. The molecule has 5 nitrogen and oxygen atoms in total. The molecule has 0 radical (unpaired) electrons. The largest absolute Gasteiger partial charge is 0.338 e. The van der Waals surface area contributed by atoms with Gasteiger partial charge in [0.1, 0.15) is 5.84 Å². The van der Waals surface area contributed by atoms with Gasteiger partial charge in [0, 0.05) is 13.0 Å². The number of carbonyl (C=O) groups excluding carboxylic acids is 1. The Morgan fingerprint density at radius 3 is 2.76 bits per heavy atom. The minimum absolute atomic E-state index is 0.0358. The first kappa shape index (κ1) is 17.6. The van der Waals surface area contributed by atoms with Crippen molar-refractivity contribution in [3.8, 4) is 0 Å². The molecule has 3 unspecified atom stereocenters. The fourth-order valence-electron chi connectivity index (χ4n) is 3.49. The number of aliphatic imine (C=N–C) groups is 2. The zero-order chi connectivity index (χ0) is 17.6. The van der Waals surface area contributed by atoms with E-state index in [0.717, 1.165) is 24.4 Å². The highest BCUT2D eigenvalue weighted by Crippen LogP contribution is 2.23. The SMILES string of the molecule is CCCCC(CC)CN1C=NC2C(=O)NC(Cc3ccccc3)=NC21. The van der Waals surface area contributed by atoms with Crippen molar-refractivity contribution in [2.75, 3.05) is 6.54 Å². The van der Waals surface area contributed by atoms with Crippen LogP contribution in [0.4, 0.5) is 0 Å². The third-order valence-electron chi connectivity index (χ3n) is 5.05. The number of hydrogen-bond donors (Lipinski definition) is 1. The number of fused-ring (bicyclic) bond motifs is 1. The fourth-order valence-corrected chi connectivity index (χ4v) is 3.49. The van der Waals surface area contributed by atoms with Gasteiger partial charge in [-0.3, -0.25) is 9.79 Å². The lowest BCUT2D eigenvalue weighted by molar-refractivity contribution is -0.122. The third kappa shape index (κ3) is 4.27. The molecule has 0 spiro atoms. The van der Waals surface area contributed by atoms with Crippen molar-refractivity contribution in [1.29, 1.82) is 0 Å². The number of benzene rings is 1. The molecule has 134 valence electrons. The van der Waals surface area contributed by atoms with Crippen LogP contribution in [0.5, 0.6) is 0 Å². The Balaban J connectivity index is 1.70. The summed E-state index contributed by atoms with van der Waals surface area (Å²) in [4.78, 5) is 23.8. The molecule has 5 heteroatoms. The van der Waals surface area contributed by atoms with Gasteiger partial charge in [0.2, 0.25) is 0 Å². The highest BCUT2D eigenvalue weighted by atomic mass is 16.2. The quantitative estimate of drug-likeness (QED) is 0.791. The molecular formula is C20H28N4O. The van der Waals surface area contributed by atoms with Gasteiger partial charge in [-0.15, -0.1) is 0 Å². The van der Waals surface area contributed by atoms with Gasteiger partial charge in [0.25, 0.3) is 5.91 Å². The third-order valence-corrected chi connectivity index (χ3v) is 5.05. The number of nitrogens with zero attached hydrogens (tertiary/aromatic N) is 3. The molecule has 2 aliphatic rings. The van der Waals surface area contributed by atoms with Crippen LogP contribution in [-0.4, -0.2) is 41.7 Å². The second-order valence-electron chi connectivity index (χ2n) is 6.96. The monoisotopic (exact) mass is 340 g/mol. The van der Waals surface area contributed by atoms with Crippen LogP contribution >= 0.6 is 0 Å². The average Bonchev–Trinajstić information content (AvgIpc) is 3.02. The van der Waals surface area contributed by atoms with Crippen molar-refractivity contribution in [2.24, 2.45) is 15.9 Å². The van der Waals surface area contributed by atoms with Crippen LogP contribution in [0.25, 0.3) is 0 Å². The van der Waals surface area contributed by atoms with Gasteiger partial charge < -0.3 is 10.2 Å². The molecule has 2 heterocycles. The molecule has 0 bridgehead atoms. The summed E-state index contributed by atoms with van der Waals surface area (Å²) in [6, 6.07) is 9.72. The Bertz CT molecular complexity index is 640. The number of amides is 1. The topological polar surface area (TPSA) is 57.1 Å². The van der Waals surface area contributed by atoms with Crippen LogP contribution in [-0.2, 0) is 11.2 Å². The lowest BCUT2D eigenvalue weighted by Crippen LogP contribution is -2.52. The Morgan fingerprint density at radius 2 is 2.04 bits per heavy atom. The van der Waals surface area contributed by atoms with Gasteiger partial charge in [-0.2, -0.15) is 0 Å². The molecule has 0 fully saturated rings. The molecule has 3 atom stereocenters. The summed E-state index contributed by atoms with van der Waals surface area (Å²) < 4.78 is 0. The van der Waals surface area contributed by atoms with Crippen LogP contribution in [0.2, 0.25) is 0 Å². The molecule has 1 aromatic carbocycles. The Labute approximate surface area is 150 Å². The van der Waals surface area contributed by atoms with E-state index in [1.54, 1.807) is 0 Å². The zero-order valence-corrected chi connectivity index (χ0v) is 15.2. The number of carbonyl (C=O) groups is 1. The van der Waals surface area contributed by atoms with E-state index < -0.39 is 6.04 Å². The highest BCUT2D eigenvalue weighted by molar-refractivity contribution is 6.04. The van der Waals surface area contributed by atoms with Crippen molar-refractivity contribution in [3.63, 3.8) is 0 Å². The number of amidine groups is 1. The van der Waals surface area contributed by atoms with Crippen molar-refractivity contribution in [2.45, 2.75) is 58.2 Å². The first-order valence-corrected chi connectivity index (χ1v) is 9.41. The van der Waals surface area contributed by atoms with Gasteiger partial charge >= 0.3 is 0 Å². The van der Waals surface area contributed by atoms with E-state index in [2.05, 4.69) is 41.2 Å². The molecule has 2 aliphatic heterocycles. The van der Waals surface area contributed by atoms with Crippen LogP contribution in [0, 0.1) is 5.92 Å². The summed E-state index contributed by atoms with van der Waals surface area (Å²) in [5.74, 6) is 1.34. The van der Waals surface area contributed by atoms with Crippen molar-refractivity contribution >= 4 is 18.1 Å². The van der Waals surface area contributed by atoms with Gasteiger partial charge in [0.05, 0.1) is 6.34 Å². The standard InChI is InChI=1S/C20H28N4O/c1-3-5-9-15(4-2)13-24-14-21-18-19(24)22-17(23-20(18)25)12-16-10-7-6-8-11-16/h6-8,10-11,14-15,18-19H,3-5,9,12-13H2,1-2H3,(H,22,23,25). The van der Waals surface area contributed by atoms with Crippen LogP contribution in [0.15, 0.2) is 40.3 Å². The maximum atomic E-state index is 12.4. The van der Waals surface area contributed by atoms with Crippen molar-refractivity contribution in [1.82, 2.24) is 10.2 Å². The summed E-state index contributed by atoms with van der Waals surface area (Å²) in [5, 5.41) is 2.93. The lowest BCUT2D eigenvalue weighted by Gasteiger charge is -2.31. The molecule has 0 saturated carbocycles. The summed E-state index contributed by atoms with van der Waals surface area (Å²) in [5.41, 5.74) is 1.15. The van der Waals surface area contributed by atoms with Gasteiger partial charge in [-0.05, 0) is 17.9 Å². The molecule has 25 heavy (non-hydrogen) atoms. The van der Waals surface area contributed by atoms with E-state index in [0.29, 0.717) is 12.3 Å². The van der Waals surface area contributed by atoms with Gasteiger partial charge in [-0.25, -0.2) is 4.99 Å². The van der Waals surface area contributed by atoms with Crippen molar-refractivity contribution in [3.05, 3.63) is 35.9 Å². The summed E-state index contributed by atoms with van der Waals surface area (Å²) in [6.07, 6.45) is 7.15. The summed E-state index contributed by atoms with van der Waals surface area (Å²) in [7, 11) is 0. The first-order valence-electron chi connectivity index (χ1n) is 9.41. The van der Waals surface area contributed by atoms with Crippen molar-refractivity contribution < 1.29 is 4.79 Å². The first-order chi connectivity index (χ1) is 12.2. The van der Waals surface area contributed by atoms with Crippen LogP contribution < -0.4 is 5.32 Å². The molecule has 1 amide bonds. The second kappa shape index (κ2) is 8.28. The van der Waals surface area contributed by atoms with E-state index in [-0.39, 0.29) is 12.1 Å². The van der Waals surface area contributed by atoms with Crippen LogP contribution in [0.1, 0.15) is 45.1 Å². The van der Waals surface area contributed by atoms with Gasteiger partial charge in [-0.1, -0.05) is 63.4 Å². The highest BCUT2D eigenvalue weighted by Gasteiger charge is 2.39. The number of unbranched alkanes of at least 4 members (excludes halogenated alkanes) is 1. The molecular weight excluding hydrogens is 312 g/mol. The molecule has 1 N–H and O–H groups in total. The zero-order valence-electron chi connectivity index (χ0n) is 15.2. The summed E-state index contributed by atoms with van der Waals surface area (Å²) in [6.45, 7) is 5.39. The number of nitrogens with one attached hydrogen (secondary N) is 1. The second-order valence-corrected chi connectivity index (χ2v) is 6.96. The van der Waals surface area contributed by atoms with Crippen LogP contribution in [0.3, 0.4) is 0 Å². The maximum absolute atomic E-state index is 12.4. The number of hydrogen-bond acceptors (Lipinski definition) is 4. The predicted octanol–water partition coefficient (Wildman–Crippen LogP) is 3.01. The Hall–Kier alpha value is -2.17. The van der Waals surface area contributed by atoms with E-state index in [9.17, 15) is 4.79 Å². The molecule has 0 aromatic heterocycles. The lowest BCUT2D eigenvalue weighted by atomic mass is 9.98. The molecule has 0 saturated heterocycles. The normalized spacial score (nSPS) is 23.2. The Morgan fingerprint density at radius 1 is 1.24 bits per heavy atom. The minimum Gasteiger partial charge on any atom is -0.338 e. The van der Waals surface area contributed by atoms with Gasteiger partial charge in [0.15, 0.2) is 12.2 Å². The fraction of sp³-hybridized carbons (Fsp3) is 0.550. The maximum Gasteiger partial charge on any atom is 0.254 e. The Kier molecular flexibility index (Phi) is 5.84. The average molecular weight is 340 g/mol. The van der Waals surface area contributed by atoms with E-state index in [1.807, 2.05) is 24.5 Å². The van der Waals surface area contributed by atoms with E-state index in [4.69, 9.17) is 4.99 Å². The molecule has 3 rings (SSSR count). The number of rotatable bonds is 8.